The summed E-state index contributed by atoms with van der Waals surface area (Å²) in [6.45, 7) is 4.33. The molecule has 0 amide bonds. The van der Waals surface area contributed by atoms with Crippen LogP contribution in [0.3, 0.4) is 0 Å². The number of hydrazine groups is 1. The number of rotatable bonds is 5. The van der Waals surface area contributed by atoms with E-state index >= 15 is 0 Å². The van der Waals surface area contributed by atoms with Crippen molar-refractivity contribution in [3.8, 4) is 0 Å². The molecule has 1 fully saturated rings. The molecule has 1 atom stereocenters. The van der Waals surface area contributed by atoms with Crippen molar-refractivity contribution in [3.63, 3.8) is 0 Å². The van der Waals surface area contributed by atoms with E-state index in [0.29, 0.717) is 6.04 Å². The molecule has 1 aromatic rings. The van der Waals surface area contributed by atoms with E-state index in [4.69, 9.17) is 5.84 Å². The van der Waals surface area contributed by atoms with Crippen molar-refractivity contribution in [2.75, 3.05) is 11.5 Å². The fraction of sp³-hybridized carbons (Fsp3) is 0.625. The third kappa shape index (κ3) is 4.83. The van der Waals surface area contributed by atoms with Crippen LogP contribution < -0.4 is 11.3 Å². The van der Waals surface area contributed by atoms with Gasteiger partial charge in [0.1, 0.15) is 0 Å². The van der Waals surface area contributed by atoms with Gasteiger partial charge in [0, 0.05) is 6.04 Å². The van der Waals surface area contributed by atoms with Gasteiger partial charge in [-0.3, -0.25) is 11.3 Å². The molecule has 1 saturated heterocycles. The topological polar surface area (TPSA) is 38.0 Å². The Bertz CT molecular complexity index is 379. The van der Waals surface area contributed by atoms with E-state index in [1.54, 1.807) is 0 Å². The van der Waals surface area contributed by atoms with Gasteiger partial charge < -0.3 is 0 Å². The predicted octanol–water partition coefficient (Wildman–Crippen LogP) is 3.21. The van der Waals surface area contributed by atoms with Crippen molar-refractivity contribution < 1.29 is 0 Å². The predicted molar refractivity (Wildman–Crippen MR) is 85.4 cm³/mol. The molecular weight excluding hydrogens is 252 g/mol. The number of hydrogen-bond donors (Lipinski definition) is 2. The van der Waals surface area contributed by atoms with Crippen LogP contribution in [-0.2, 0) is 6.42 Å². The van der Waals surface area contributed by atoms with Gasteiger partial charge in [0.25, 0.3) is 0 Å². The molecule has 1 aliphatic heterocycles. The first-order valence-electron chi connectivity index (χ1n) is 7.28. The minimum atomic E-state index is 0.411. The van der Waals surface area contributed by atoms with E-state index in [-0.39, 0.29) is 0 Å². The van der Waals surface area contributed by atoms with Crippen LogP contribution >= 0.6 is 11.8 Å². The molecule has 3 heteroatoms. The van der Waals surface area contributed by atoms with Gasteiger partial charge in [-0.15, -0.1) is 0 Å². The summed E-state index contributed by atoms with van der Waals surface area (Å²) in [5, 5.41) is 0. The molecule has 3 N–H and O–H groups in total. The molecule has 0 aliphatic carbocycles. The molecule has 19 heavy (non-hydrogen) atoms. The molecule has 0 radical (unpaired) electrons. The van der Waals surface area contributed by atoms with Gasteiger partial charge in [0.05, 0.1) is 0 Å². The Labute approximate surface area is 121 Å². The number of aryl methyl sites for hydroxylation is 2. The summed E-state index contributed by atoms with van der Waals surface area (Å²) >= 11 is 2.09. The largest absolute Gasteiger partial charge is 0.271 e. The maximum absolute atomic E-state index is 5.76. The highest BCUT2D eigenvalue weighted by Crippen LogP contribution is 2.27. The van der Waals surface area contributed by atoms with E-state index < -0.39 is 0 Å². The fourth-order valence-electron chi connectivity index (χ4n) is 3.07. The normalized spacial score (nSPS) is 18.5. The summed E-state index contributed by atoms with van der Waals surface area (Å²) < 4.78 is 0. The van der Waals surface area contributed by atoms with Crippen molar-refractivity contribution in [2.45, 2.75) is 45.6 Å². The zero-order valence-corrected chi connectivity index (χ0v) is 12.9. The first-order chi connectivity index (χ1) is 9.17. The second-order valence-electron chi connectivity index (χ2n) is 5.86. The Morgan fingerprint density at radius 3 is 2.42 bits per heavy atom. The lowest BCUT2D eigenvalue weighted by molar-refractivity contribution is 0.365. The van der Waals surface area contributed by atoms with Crippen LogP contribution in [0.4, 0.5) is 0 Å². The molecule has 0 bridgehead atoms. The Morgan fingerprint density at radius 2 is 1.84 bits per heavy atom. The highest BCUT2D eigenvalue weighted by molar-refractivity contribution is 7.99. The maximum atomic E-state index is 5.76. The molecular formula is C16H26N2S. The molecule has 0 saturated carbocycles. The first kappa shape index (κ1) is 14.9. The maximum Gasteiger partial charge on any atom is 0.0253 e. The van der Waals surface area contributed by atoms with Gasteiger partial charge in [0.15, 0.2) is 0 Å². The van der Waals surface area contributed by atoms with E-state index in [9.17, 15) is 0 Å². The van der Waals surface area contributed by atoms with E-state index in [1.807, 2.05) is 0 Å². The van der Waals surface area contributed by atoms with Gasteiger partial charge >= 0.3 is 0 Å². The second-order valence-corrected chi connectivity index (χ2v) is 7.08. The van der Waals surface area contributed by atoms with Gasteiger partial charge in [-0.25, -0.2) is 0 Å². The number of thioether (sulfide) groups is 1. The summed E-state index contributed by atoms with van der Waals surface area (Å²) in [6.07, 6.45) is 4.97. The highest BCUT2D eigenvalue weighted by Gasteiger charge is 2.18. The number of nitrogens with two attached hydrogens (primary N) is 1. The molecule has 1 heterocycles. The minimum Gasteiger partial charge on any atom is -0.271 e. The SMILES string of the molecule is Cc1cc(C)cc(CC(CC2CCSCC2)NN)c1. The molecule has 2 rings (SSSR count). The summed E-state index contributed by atoms with van der Waals surface area (Å²) in [4.78, 5) is 0. The Morgan fingerprint density at radius 1 is 1.21 bits per heavy atom. The Kier molecular flexibility index (Phi) is 5.74. The molecule has 2 nitrogen and oxygen atoms in total. The lowest BCUT2D eigenvalue weighted by Gasteiger charge is -2.26. The van der Waals surface area contributed by atoms with Crippen molar-refractivity contribution in [3.05, 3.63) is 34.9 Å². The van der Waals surface area contributed by atoms with Crippen LogP contribution in [0.5, 0.6) is 0 Å². The monoisotopic (exact) mass is 278 g/mol. The van der Waals surface area contributed by atoms with Crippen LogP contribution in [0.1, 0.15) is 36.0 Å². The van der Waals surface area contributed by atoms with Crippen LogP contribution in [0.15, 0.2) is 18.2 Å². The van der Waals surface area contributed by atoms with E-state index in [2.05, 4.69) is 49.2 Å². The molecule has 1 aromatic carbocycles. The molecule has 1 aliphatic rings. The van der Waals surface area contributed by atoms with E-state index in [0.717, 1.165) is 12.3 Å². The van der Waals surface area contributed by atoms with Gasteiger partial charge in [-0.1, -0.05) is 29.3 Å². The van der Waals surface area contributed by atoms with Crippen LogP contribution in [0.25, 0.3) is 0 Å². The van der Waals surface area contributed by atoms with Crippen LogP contribution in [0, 0.1) is 19.8 Å². The summed E-state index contributed by atoms with van der Waals surface area (Å²) in [7, 11) is 0. The number of nitrogens with one attached hydrogen (secondary N) is 1. The fourth-order valence-corrected chi connectivity index (χ4v) is 4.27. The Hall–Kier alpha value is -0.510. The zero-order valence-electron chi connectivity index (χ0n) is 12.1. The standard InChI is InChI=1S/C16H26N2S/c1-12-7-13(2)9-15(8-12)11-16(18-17)10-14-3-5-19-6-4-14/h7-9,14,16,18H,3-6,10-11,17H2,1-2H3. The third-order valence-electron chi connectivity index (χ3n) is 3.96. The highest BCUT2D eigenvalue weighted by atomic mass is 32.2. The van der Waals surface area contributed by atoms with Gasteiger partial charge in [-0.05, 0) is 62.5 Å². The average Bonchev–Trinajstić information content (AvgIpc) is 2.38. The lowest BCUT2D eigenvalue weighted by Crippen LogP contribution is -2.38. The quantitative estimate of drug-likeness (QED) is 0.641. The van der Waals surface area contributed by atoms with Gasteiger partial charge in [-0.2, -0.15) is 11.8 Å². The van der Waals surface area contributed by atoms with Gasteiger partial charge in [0.2, 0.25) is 0 Å². The van der Waals surface area contributed by atoms with Crippen molar-refractivity contribution in [2.24, 2.45) is 11.8 Å². The molecule has 1 unspecified atom stereocenters. The molecule has 106 valence electrons. The van der Waals surface area contributed by atoms with E-state index in [1.165, 1.54) is 47.5 Å². The minimum absolute atomic E-state index is 0.411. The van der Waals surface area contributed by atoms with Crippen LogP contribution in [-0.4, -0.2) is 17.5 Å². The molecule has 0 spiro atoms. The van der Waals surface area contributed by atoms with Crippen molar-refractivity contribution >= 4 is 11.8 Å². The third-order valence-corrected chi connectivity index (χ3v) is 5.01. The Balaban J connectivity index is 1.93. The summed E-state index contributed by atoms with van der Waals surface area (Å²) in [5.74, 6) is 9.26. The van der Waals surface area contributed by atoms with Crippen molar-refractivity contribution in [1.82, 2.24) is 5.43 Å². The lowest BCUT2D eigenvalue weighted by atomic mass is 9.91. The molecule has 0 aromatic heterocycles. The summed E-state index contributed by atoms with van der Waals surface area (Å²) in [5.41, 5.74) is 7.13. The number of hydrogen-bond acceptors (Lipinski definition) is 3. The zero-order chi connectivity index (χ0) is 13.7. The van der Waals surface area contributed by atoms with Crippen LogP contribution in [0.2, 0.25) is 0 Å². The average molecular weight is 278 g/mol. The van der Waals surface area contributed by atoms with Crippen molar-refractivity contribution in [1.29, 1.82) is 0 Å². The smallest absolute Gasteiger partial charge is 0.0253 e. The second kappa shape index (κ2) is 7.32. The first-order valence-corrected chi connectivity index (χ1v) is 8.44. The number of benzene rings is 1. The summed E-state index contributed by atoms with van der Waals surface area (Å²) in [6, 6.07) is 7.21.